The fourth-order valence-corrected chi connectivity index (χ4v) is 2.75. The summed E-state index contributed by atoms with van der Waals surface area (Å²) >= 11 is 3.37. The molecule has 2 heterocycles. The second kappa shape index (κ2) is 6.56. The molecule has 0 aliphatic heterocycles. The lowest BCUT2D eigenvalue weighted by Crippen LogP contribution is -2.13. The Morgan fingerprint density at radius 3 is 2.79 bits per heavy atom. The number of hydrogen-bond donors (Lipinski definition) is 1. The van der Waals surface area contributed by atoms with Gasteiger partial charge >= 0.3 is 0 Å². The van der Waals surface area contributed by atoms with E-state index in [0.717, 1.165) is 5.69 Å². The van der Waals surface area contributed by atoms with Crippen molar-refractivity contribution in [3.8, 4) is 0 Å². The number of amides is 1. The molecule has 0 unspecified atom stereocenters. The van der Waals surface area contributed by atoms with Gasteiger partial charge in [0.1, 0.15) is 5.82 Å². The molecule has 1 amide bonds. The van der Waals surface area contributed by atoms with Gasteiger partial charge in [-0.2, -0.15) is 10.2 Å². The van der Waals surface area contributed by atoms with E-state index in [0.29, 0.717) is 21.4 Å². The Bertz CT molecular complexity index is 902. The number of carbonyl (C=O) groups excluding carboxylic acids is 1. The normalized spacial score (nSPS) is 10.8. The zero-order valence-corrected chi connectivity index (χ0v) is 14.7. The van der Waals surface area contributed by atoms with Crippen molar-refractivity contribution in [2.75, 3.05) is 5.32 Å². The van der Waals surface area contributed by atoms with Gasteiger partial charge in [0.15, 0.2) is 5.69 Å². The van der Waals surface area contributed by atoms with Crippen molar-refractivity contribution in [1.82, 2.24) is 19.6 Å². The maximum Gasteiger partial charge on any atom is 0.277 e. The highest BCUT2D eigenvalue weighted by Gasteiger charge is 2.18. The van der Waals surface area contributed by atoms with E-state index in [2.05, 4.69) is 31.4 Å². The van der Waals surface area contributed by atoms with Gasteiger partial charge in [-0.1, -0.05) is 18.2 Å². The van der Waals surface area contributed by atoms with Crippen LogP contribution in [0.25, 0.3) is 0 Å². The lowest BCUT2D eigenvalue weighted by molar-refractivity contribution is 0.102. The van der Waals surface area contributed by atoms with Gasteiger partial charge in [0.25, 0.3) is 5.91 Å². The van der Waals surface area contributed by atoms with Crippen LogP contribution in [0.5, 0.6) is 0 Å². The first-order chi connectivity index (χ1) is 11.5. The molecule has 0 radical (unpaired) electrons. The highest BCUT2D eigenvalue weighted by molar-refractivity contribution is 9.10. The van der Waals surface area contributed by atoms with E-state index in [-0.39, 0.29) is 18.3 Å². The lowest BCUT2D eigenvalue weighted by atomic mass is 10.2. The highest BCUT2D eigenvalue weighted by atomic mass is 79.9. The maximum absolute atomic E-state index is 13.7. The van der Waals surface area contributed by atoms with Crippen molar-refractivity contribution in [1.29, 1.82) is 0 Å². The molecule has 0 aliphatic carbocycles. The van der Waals surface area contributed by atoms with Crippen LogP contribution in [0.2, 0.25) is 0 Å². The average Bonchev–Trinajstić information content (AvgIpc) is 3.09. The molecule has 6 nitrogen and oxygen atoms in total. The summed E-state index contributed by atoms with van der Waals surface area (Å²) in [5.41, 5.74) is 2.21. The Hall–Kier alpha value is -2.48. The predicted octanol–water partition coefficient (Wildman–Crippen LogP) is 3.13. The topological polar surface area (TPSA) is 64.7 Å². The number of carbonyl (C=O) groups is 1. The Morgan fingerprint density at radius 2 is 2.12 bits per heavy atom. The summed E-state index contributed by atoms with van der Waals surface area (Å²) in [7, 11) is 1.77. The third-order valence-corrected chi connectivity index (χ3v) is 4.61. The molecule has 3 aromatic rings. The van der Waals surface area contributed by atoms with Crippen molar-refractivity contribution in [2.45, 2.75) is 13.5 Å². The van der Waals surface area contributed by atoms with Crippen molar-refractivity contribution >= 4 is 27.5 Å². The minimum Gasteiger partial charge on any atom is -0.318 e. The molecule has 0 spiro atoms. The molecule has 0 atom stereocenters. The first-order valence-corrected chi connectivity index (χ1v) is 8.01. The lowest BCUT2D eigenvalue weighted by Gasteiger charge is -2.03. The van der Waals surface area contributed by atoms with Gasteiger partial charge in [0.05, 0.1) is 28.6 Å². The Balaban J connectivity index is 1.73. The van der Waals surface area contributed by atoms with E-state index in [1.54, 1.807) is 40.8 Å². The van der Waals surface area contributed by atoms with Gasteiger partial charge in [-0.25, -0.2) is 4.39 Å². The van der Waals surface area contributed by atoms with Gasteiger partial charge in [-0.15, -0.1) is 0 Å². The summed E-state index contributed by atoms with van der Waals surface area (Å²) in [4.78, 5) is 12.3. The molecular weight excluding hydrogens is 377 g/mol. The molecule has 8 heteroatoms. The molecule has 124 valence electrons. The third-order valence-electron chi connectivity index (χ3n) is 3.66. The smallest absolute Gasteiger partial charge is 0.277 e. The molecule has 0 fully saturated rings. The molecule has 24 heavy (non-hydrogen) atoms. The fourth-order valence-electron chi connectivity index (χ4n) is 2.23. The largest absolute Gasteiger partial charge is 0.318 e. The van der Waals surface area contributed by atoms with Gasteiger partial charge in [0.2, 0.25) is 0 Å². The van der Waals surface area contributed by atoms with Crippen LogP contribution in [0, 0.1) is 12.7 Å². The number of benzene rings is 1. The maximum atomic E-state index is 13.7. The van der Waals surface area contributed by atoms with Gasteiger partial charge in [-0.05, 0) is 28.9 Å². The van der Waals surface area contributed by atoms with Crippen molar-refractivity contribution in [3.05, 3.63) is 63.9 Å². The zero-order chi connectivity index (χ0) is 17.3. The zero-order valence-electron chi connectivity index (χ0n) is 13.1. The molecule has 1 aromatic carbocycles. The Labute approximate surface area is 146 Å². The quantitative estimate of drug-likeness (QED) is 0.742. The molecule has 0 aliphatic rings. The second-order valence-corrected chi connectivity index (χ2v) is 6.14. The number of nitrogens with zero attached hydrogens (tertiary/aromatic N) is 4. The summed E-state index contributed by atoms with van der Waals surface area (Å²) in [6.45, 7) is 2.15. The number of nitrogens with one attached hydrogen (secondary N) is 1. The van der Waals surface area contributed by atoms with Gasteiger partial charge < -0.3 is 5.32 Å². The summed E-state index contributed by atoms with van der Waals surface area (Å²) in [5.74, 6) is -0.623. The molecule has 0 saturated carbocycles. The van der Waals surface area contributed by atoms with Crippen molar-refractivity contribution < 1.29 is 9.18 Å². The molecular formula is C16H15BrFN5O. The third kappa shape index (κ3) is 3.23. The monoisotopic (exact) mass is 391 g/mol. The molecule has 2 aromatic heterocycles. The average molecular weight is 392 g/mol. The first kappa shape index (κ1) is 16.4. The van der Waals surface area contributed by atoms with Crippen molar-refractivity contribution in [3.63, 3.8) is 0 Å². The van der Waals surface area contributed by atoms with Crippen LogP contribution in [-0.4, -0.2) is 25.5 Å². The van der Waals surface area contributed by atoms with E-state index in [9.17, 15) is 9.18 Å². The highest BCUT2D eigenvalue weighted by Crippen LogP contribution is 2.21. The van der Waals surface area contributed by atoms with Gasteiger partial charge in [0, 0.05) is 18.8 Å². The number of aromatic nitrogens is 4. The van der Waals surface area contributed by atoms with E-state index >= 15 is 0 Å². The minimum atomic E-state index is -0.337. The number of hydrogen-bond acceptors (Lipinski definition) is 3. The van der Waals surface area contributed by atoms with Gasteiger partial charge in [-0.3, -0.25) is 14.2 Å². The van der Waals surface area contributed by atoms with Crippen LogP contribution < -0.4 is 5.32 Å². The Kier molecular flexibility index (Phi) is 4.48. The standard InChI is InChI=1S/C16H15BrFN5O/c1-10-14(17)15(21-22(10)2)16(24)20-12-7-19-23(9-12)8-11-5-3-4-6-13(11)18/h3-7,9H,8H2,1-2H3,(H,20,24). The summed E-state index contributed by atoms with van der Waals surface area (Å²) < 4.78 is 17.5. The summed E-state index contributed by atoms with van der Waals surface area (Å²) in [6.07, 6.45) is 3.16. The second-order valence-electron chi connectivity index (χ2n) is 5.34. The molecule has 1 N–H and O–H groups in total. The molecule has 0 bridgehead atoms. The van der Waals surface area contributed by atoms with Crippen LogP contribution in [-0.2, 0) is 13.6 Å². The summed E-state index contributed by atoms with van der Waals surface area (Å²) in [6, 6.07) is 6.51. The molecule has 0 saturated heterocycles. The fraction of sp³-hybridized carbons (Fsp3) is 0.188. The van der Waals surface area contributed by atoms with Crippen LogP contribution in [0.1, 0.15) is 21.7 Å². The van der Waals surface area contributed by atoms with Crippen LogP contribution in [0.4, 0.5) is 10.1 Å². The number of rotatable bonds is 4. The van der Waals surface area contributed by atoms with E-state index in [1.807, 2.05) is 6.92 Å². The van der Waals surface area contributed by atoms with Crippen molar-refractivity contribution in [2.24, 2.45) is 7.05 Å². The van der Waals surface area contributed by atoms with E-state index in [1.165, 1.54) is 12.3 Å². The van der Waals surface area contributed by atoms with E-state index in [4.69, 9.17) is 0 Å². The van der Waals surface area contributed by atoms with Crippen LogP contribution >= 0.6 is 15.9 Å². The van der Waals surface area contributed by atoms with Crippen LogP contribution in [0.3, 0.4) is 0 Å². The predicted molar refractivity (Wildman–Crippen MR) is 91.3 cm³/mol. The number of anilines is 1. The summed E-state index contributed by atoms with van der Waals surface area (Å²) in [5, 5.41) is 11.1. The number of halogens is 2. The first-order valence-electron chi connectivity index (χ1n) is 7.22. The minimum absolute atomic E-state index is 0.286. The molecule has 3 rings (SSSR count). The van der Waals surface area contributed by atoms with Crippen LogP contribution in [0.15, 0.2) is 41.1 Å². The Morgan fingerprint density at radius 1 is 1.38 bits per heavy atom. The van der Waals surface area contributed by atoms with E-state index < -0.39 is 0 Å². The number of aryl methyl sites for hydroxylation is 1. The SMILES string of the molecule is Cc1c(Br)c(C(=O)Nc2cnn(Cc3ccccc3F)c2)nn1C.